The van der Waals surface area contributed by atoms with Gasteiger partial charge in [0, 0.05) is 28.3 Å². The zero-order valence-corrected chi connectivity index (χ0v) is 25.3. The molecule has 0 amide bonds. The summed E-state index contributed by atoms with van der Waals surface area (Å²) >= 11 is 0. The van der Waals surface area contributed by atoms with Gasteiger partial charge in [-0.25, -0.2) is 0 Å². The van der Waals surface area contributed by atoms with Gasteiger partial charge in [0.05, 0.1) is 33.5 Å². The van der Waals surface area contributed by atoms with Gasteiger partial charge in [-0.15, -0.1) is 0 Å². The molecular weight excluding hydrogens is 576 g/mol. The molecule has 0 radical (unpaired) electrons. The van der Waals surface area contributed by atoms with Crippen molar-refractivity contribution in [1.82, 2.24) is 4.57 Å². The second-order valence-electron chi connectivity index (χ2n) is 12.5. The average molecular weight is 603 g/mol. The summed E-state index contributed by atoms with van der Waals surface area (Å²) in [7, 11) is 0. The van der Waals surface area contributed by atoms with Crippen LogP contribution in [0.4, 0.5) is 17.1 Å². The molecule has 0 N–H and O–H groups in total. The van der Waals surface area contributed by atoms with E-state index in [4.69, 9.17) is 9.15 Å². The molecule has 0 unspecified atom stereocenters. The number of benzene rings is 7. The lowest BCUT2D eigenvalue weighted by molar-refractivity contribution is 0.475. The monoisotopic (exact) mass is 602 g/mol. The van der Waals surface area contributed by atoms with Crippen LogP contribution in [-0.2, 0) is 6.42 Å². The highest BCUT2D eigenvalue weighted by Gasteiger charge is 2.33. The van der Waals surface area contributed by atoms with Crippen LogP contribution in [0.2, 0.25) is 0 Å². The second kappa shape index (κ2) is 9.15. The number of ether oxygens (including phenoxy) is 1. The van der Waals surface area contributed by atoms with E-state index >= 15 is 0 Å². The maximum absolute atomic E-state index is 6.67. The SMILES string of the molecule is c1ccc(-c2cccc(N(c3cccc4oc5ccccc5c34)c3ccc4c5c3c3cccc6c3n5-c3c(cccc3O4)C6)c2)cc1. The third-order valence-electron chi connectivity index (χ3n) is 9.94. The Bertz CT molecular complexity index is 2740. The van der Waals surface area contributed by atoms with Crippen molar-refractivity contribution in [3.8, 4) is 28.3 Å². The van der Waals surface area contributed by atoms with Crippen molar-refractivity contribution in [3.63, 3.8) is 0 Å². The Morgan fingerprint density at radius 2 is 1.26 bits per heavy atom. The number of rotatable bonds is 4. The van der Waals surface area contributed by atoms with Crippen molar-refractivity contribution in [2.45, 2.75) is 6.42 Å². The minimum atomic E-state index is 0.867. The summed E-state index contributed by atoms with van der Waals surface area (Å²) in [6.45, 7) is 0. The zero-order valence-electron chi connectivity index (χ0n) is 25.3. The molecule has 2 aromatic heterocycles. The maximum Gasteiger partial charge on any atom is 0.152 e. The van der Waals surface area contributed by atoms with Crippen molar-refractivity contribution in [2.75, 3.05) is 4.90 Å². The molecule has 220 valence electrons. The number of nitrogens with zero attached hydrogens (tertiary/aromatic N) is 2. The first-order valence-corrected chi connectivity index (χ1v) is 16.1. The van der Waals surface area contributed by atoms with E-state index in [-0.39, 0.29) is 0 Å². The summed E-state index contributed by atoms with van der Waals surface area (Å²) in [5.41, 5.74) is 13.5. The highest BCUT2D eigenvalue weighted by atomic mass is 16.5. The normalized spacial score (nSPS) is 12.8. The minimum Gasteiger partial charge on any atom is -0.456 e. The van der Waals surface area contributed by atoms with Gasteiger partial charge in [-0.05, 0) is 70.8 Å². The molecule has 4 nitrogen and oxygen atoms in total. The maximum atomic E-state index is 6.67. The van der Waals surface area contributed by atoms with Gasteiger partial charge in [0.15, 0.2) is 11.5 Å². The molecule has 9 aromatic rings. The minimum absolute atomic E-state index is 0.867. The van der Waals surface area contributed by atoms with E-state index in [2.05, 4.69) is 149 Å². The largest absolute Gasteiger partial charge is 0.456 e. The van der Waals surface area contributed by atoms with Crippen LogP contribution in [0.15, 0.2) is 150 Å². The molecule has 0 atom stereocenters. The lowest BCUT2D eigenvalue weighted by atomic mass is 9.97. The summed E-state index contributed by atoms with van der Waals surface area (Å²) in [6, 6.07) is 51.7. The van der Waals surface area contributed by atoms with Gasteiger partial charge in [0.25, 0.3) is 0 Å². The number of hydrogen-bond acceptors (Lipinski definition) is 3. The highest BCUT2D eigenvalue weighted by molar-refractivity contribution is 6.22. The third-order valence-corrected chi connectivity index (χ3v) is 9.94. The Kier molecular flexibility index (Phi) is 4.86. The van der Waals surface area contributed by atoms with Gasteiger partial charge in [0.1, 0.15) is 11.2 Å². The van der Waals surface area contributed by atoms with Crippen LogP contribution in [0.3, 0.4) is 0 Å². The van der Waals surface area contributed by atoms with Gasteiger partial charge >= 0.3 is 0 Å². The van der Waals surface area contributed by atoms with E-state index in [0.29, 0.717) is 0 Å². The van der Waals surface area contributed by atoms with E-state index in [1.54, 1.807) is 0 Å². The summed E-state index contributed by atoms with van der Waals surface area (Å²) < 4.78 is 15.6. The predicted molar refractivity (Wildman–Crippen MR) is 191 cm³/mol. The summed E-state index contributed by atoms with van der Waals surface area (Å²) in [5, 5.41) is 4.60. The van der Waals surface area contributed by atoms with E-state index in [1.165, 1.54) is 33.0 Å². The molecule has 0 saturated heterocycles. The molecule has 47 heavy (non-hydrogen) atoms. The van der Waals surface area contributed by atoms with E-state index in [1.807, 2.05) is 6.07 Å². The van der Waals surface area contributed by atoms with Crippen LogP contribution < -0.4 is 9.64 Å². The molecule has 7 aromatic carbocycles. The molecule has 0 aliphatic carbocycles. The van der Waals surface area contributed by atoms with Gasteiger partial charge < -0.3 is 18.6 Å². The van der Waals surface area contributed by atoms with Gasteiger partial charge in [-0.1, -0.05) is 97.1 Å². The lowest BCUT2D eigenvalue weighted by Gasteiger charge is -2.29. The van der Waals surface area contributed by atoms with Crippen molar-refractivity contribution >= 4 is 60.8 Å². The van der Waals surface area contributed by atoms with E-state index < -0.39 is 0 Å². The Hall–Kier alpha value is -6.26. The van der Waals surface area contributed by atoms with Crippen molar-refractivity contribution in [2.24, 2.45) is 0 Å². The third kappa shape index (κ3) is 3.36. The first-order valence-electron chi connectivity index (χ1n) is 16.1. The first kappa shape index (κ1) is 25.0. The number of anilines is 3. The zero-order chi connectivity index (χ0) is 30.6. The van der Waals surface area contributed by atoms with E-state index in [9.17, 15) is 0 Å². The number of fused-ring (bicyclic) bond motifs is 4. The fourth-order valence-corrected chi connectivity index (χ4v) is 8.03. The molecule has 0 fully saturated rings. The number of para-hydroxylation sites is 3. The highest BCUT2D eigenvalue weighted by Crippen LogP contribution is 2.54. The molecule has 4 heterocycles. The first-order chi connectivity index (χ1) is 23.3. The summed E-state index contributed by atoms with van der Waals surface area (Å²) in [5.74, 6) is 1.79. The van der Waals surface area contributed by atoms with Crippen LogP contribution in [0.1, 0.15) is 11.1 Å². The molecule has 0 saturated carbocycles. The van der Waals surface area contributed by atoms with Crippen molar-refractivity contribution in [1.29, 1.82) is 0 Å². The quantitative estimate of drug-likeness (QED) is 0.201. The number of aromatic nitrogens is 1. The molecule has 4 heteroatoms. The Labute approximate surface area is 270 Å². The molecule has 2 aliphatic heterocycles. The van der Waals surface area contributed by atoms with Crippen LogP contribution in [0.5, 0.6) is 11.5 Å². The molecular formula is C43H26N2O2. The van der Waals surface area contributed by atoms with Crippen LogP contribution in [-0.4, -0.2) is 4.57 Å². The smallest absolute Gasteiger partial charge is 0.152 e. The molecule has 2 aliphatic rings. The number of hydrogen-bond donors (Lipinski definition) is 0. The fraction of sp³-hybridized carbons (Fsp3) is 0.0233. The van der Waals surface area contributed by atoms with Crippen LogP contribution in [0.25, 0.3) is 60.6 Å². The second-order valence-corrected chi connectivity index (χ2v) is 12.5. The summed E-state index contributed by atoms with van der Waals surface area (Å²) in [6.07, 6.45) is 0.883. The van der Waals surface area contributed by atoms with Gasteiger partial charge in [-0.3, -0.25) is 0 Å². The standard InChI is InChI=1S/C43H26N2O2/c1-2-10-26(11-3-1)27-12-6-15-30(25-27)44(33-18-9-20-36-39(33)31-16-4-5-19-35(31)46-36)34-22-23-38-43-40(34)32-17-7-13-28-24-29-14-8-21-37(47-38)42(29)45(43)41(28)32/h1-23,25H,24H2. The topological polar surface area (TPSA) is 30.5 Å². The van der Waals surface area contributed by atoms with Crippen LogP contribution >= 0.6 is 0 Å². The average Bonchev–Trinajstić information content (AvgIpc) is 3.69. The predicted octanol–water partition coefficient (Wildman–Crippen LogP) is 11.8. The Balaban J connectivity index is 1.28. The number of furan rings is 1. The molecule has 0 spiro atoms. The van der Waals surface area contributed by atoms with Crippen molar-refractivity contribution in [3.05, 3.63) is 157 Å². The van der Waals surface area contributed by atoms with Crippen molar-refractivity contribution < 1.29 is 9.15 Å². The lowest BCUT2D eigenvalue weighted by Crippen LogP contribution is -2.13. The molecule has 0 bridgehead atoms. The van der Waals surface area contributed by atoms with Gasteiger partial charge in [0.2, 0.25) is 0 Å². The Morgan fingerprint density at radius 1 is 0.511 bits per heavy atom. The summed E-state index contributed by atoms with van der Waals surface area (Å²) in [4.78, 5) is 2.42. The van der Waals surface area contributed by atoms with Gasteiger partial charge in [-0.2, -0.15) is 0 Å². The molecule has 11 rings (SSSR count). The van der Waals surface area contributed by atoms with E-state index in [0.717, 1.165) is 73.7 Å². The fourth-order valence-electron chi connectivity index (χ4n) is 8.03. The Morgan fingerprint density at radius 3 is 2.21 bits per heavy atom. The van der Waals surface area contributed by atoms with Crippen LogP contribution in [0, 0.1) is 0 Å².